The number of benzene rings is 2. The molecule has 0 fully saturated rings. The number of anilines is 1. The van der Waals surface area contributed by atoms with Gasteiger partial charge < -0.3 is 11.1 Å². The second-order valence-corrected chi connectivity index (χ2v) is 3.94. The van der Waals surface area contributed by atoms with Crippen molar-refractivity contribution in [2.75, 3.05) is 12.8 Å². The molecule has 0 aliphatic carbocycles. The van der Waals surface area contributed by atoms with Crippen molar-refractivity contribution in [3.63, 3.8) is 0 Å². The minimum atomic E-state index is -0.221. The van der Waals surface area contributed by atoms with Gasteiger partial charge in [-0.05, 0) is 42.4 Å². The highest BCUT2D eigenvalue weighted by Gasteiger charge is 2.11. The highest BCUT2D eigenvalue weighted by Crippen LogP contribution is 2.22. The Morgan fingerprint density at radius 1 is 0.941 bits per heavy atom. The van der Waals surface area contributed by atoms with E-state index in [1.807, 2.05) is 31.3 Å². The standard InChI is InChI=1S/C14H15FN2/c1-17-14(10-2-6-12(15)7-3-10)11-4-8-13(16)9-5-11/h2-9,14,17H,16H2,1H3. The Hall–Kier alpha value is -1.87. The Morgan fingerprint density at radius 3 is 1.88 bits per heavy atom. The Labute approximate surface area is 100 Å². The molecule has 0 saturated heterocycles. The molecule has 0 aliphatic rings. The third kappa shape index (κ3) is 2.63. The van der Waals surface area contributed by atoms with Crippen molar-refractivity contribution in [2.24, 2.45) is 0 Å². The third-order valence-electron chi connectivity index (χ3n) is 2.76. The van der Waals surface area contributed by atoms with E-state index < -0.39 is 0 Å². The fourth-order valence-electron chi connectivity index (χ4n) is 1.87. The fourth-order valence-corrected chi connectivity index (χ4v) is 1.87. The van der Waals surface area contributed by atoms with E-state index in [-0.39, 0.29) is 11.9 Å². The van der Waals surface area contributed by atoms with Crippen LogP contribution in [0.4, 0.5) is 10.1 Å². The highest BCUT2D eigenvalue weighted by atomic mass is 19.1. The maximum absolute atomic E-state index is 12.9. The minimum absolute atomic E-state index is 0.0520. The smallest absolute Gasteiger partial charge is 0.123 e. The molecule has 0 saturated carbocycles. The SMILES string of the molecule is CNC(c1ccc(N)cc1)c1ccc(F)cc1. The summed E-state index contributed by atoms with van der Waals surface area (Å²) < 4.78 is 12.9. The molecule has 2 rings (SSSR count). The first-order valence-electron chi connectivity index (χ1n) is 5.49. The molecule has 2 aromatic carbocycles. The summed E-state index contributed by atoms with van der Waals surface area (Å²) in [6.07, 6.45) is 0. The van der Waals surface area contributed by atoms with Gasteiger partial charge in [0, 0.05) is 5.69 Å². The molecule has 1 atom stereocenters. The van der Waals surface area contributed by atoms with E-state index in [0.29, 0.717) is 0 Å². The van der Waals surface area contributed by atoms with E-state index in [0.717, 1.165) is 16.8 Å². The molecule has 3 heteroatoms. The Balaban J connectivity index is 2.33. The van der Waals surface area contributed by atoms with Gasteiger partial charge in [-0.3, -0.25) is 0 Å². The molecular formula is C14H15FN2. The summed E-state index contributed by atoms with van der Waals surface area (Å²) in [4.78, 5) is 0. The van der Waals surface area contributed by atoms with Gasteiger partial charge in [0.15, 0.2) is 0 Å². The van der Waals surface area contributed by atoms with E-state index in [2.05, 4.69) is 5.32 Å². The quantitative estimate of drug-likeness (QED) is 0.796. The number of nitrogens with two attached hydrogens (primary N) is 1. The number of nitrogens with one attached hydrogen (secondary N) is 1. The molecule has 17 heavy (non-hydrogen) atoms. The number of hydrogen-bond acceptors (Lipinski definition) is 2. The van der Waals surface area contributed by atoms with Gasteiger partial charge in [-0.2, -0.15) is 0 Å². The van der Waals surface area contributed by atoms with E-state index in [1.54, 1.807) is 12.1 Å². The zero-order valence-electron chi connectivity index (χ0n) is 9.65. The van der Waals surface area contributed by atoms with Crippen molar-refractivity contribution in [1.29, 1.82) is 0 Å². The first-order valence-corrected chi connectivity index (χ1v) is 5.49. The number of nitrogen functional groups attached to an aromatic ring is 1. The van der Waals surface area contributed by atoms with Crippen LogP contribution < -0.4 is 11.1 Å². The molecular weight excluding hydrogens is 215 g/mol. The molecule has 2 nitrogen and oxygen atoms in total. The molecule has 88 valence electrons. The Morgan fingerprint density at radius 2 is 1.41 bits per heavy atom. The zero-order chi connectivity index (χ0) is 12.3. The van der Waals surface area contributed by atoms with Crippen LogP contribution in [0.15, 0.2) is 48.5 Å². The van der Waals surface area contributed by atoms with Gasteiger partial charge in [0.25, 0.3) is 0 Å². The molecule has 2 aromatic rings. The van der Waals surface area contributed by atoms with Gasteiger partial charge in [-0.15, -0.1) is 0 Å². The largest absolute Gasteiger partial charge is 0.399 e. The van der Waals surface area contributed by atoms with Crippen LogP contribution in [0.3, 0.4) is 0 Å². The van der Waals surface area contributed by atoms with Crippen LogP contribution in [0.25, 0.3) is 0 Å². The van der Waals surface area contributed by atoms with Crippen LogP contribution in [0.1, 0.15) is 17.2 Å². The van der Waals surface area contributed by atoms with Crippen LogP contribution in [0.5, 0.6) is 0 Å². The Kier molecular flexibility index (Phi) is 3.40. The first kappa shape index (κ1) is 11.6. The normalized spacial score (nSPS) is 12.4. The van der Waals surface area contributed by atoms with E-state index in [1.165, 1.54) is 12.1 Å². The average molecular weight is 230 g/mol. The molecule has 0 aromatic heterocycles. The van der Waals surface area contributed by atoms with Crippen molar-refractivity contribution < 1.29 is 4.39 Å². The predicted molar refractivity (Wildman–Crippen MR) is 68.2 cm³/mol. The number of halogens is 1. The molecule has 0 aliphatic heterocycles. The Bertz CT molecular complexity index is 431. The van der Waals surface area contributed by atoms with Crippen molar-refractivity contribution in [2.45, 2.75) is 6.04 Å². The predicted octanol–water partition coefficient (Wildman–Crippen LogP) is 2.72. The molecule has 0 spiro atoms. The average Bonchev–Trinajstić information content (AvgIpc) is 2.35. The molecule has 0 heterocycles. The van der Waals surface area contributed by atoms with Crippen molar-refractivity contribution >= 4 is 5.69 Å². The van der Waals surface area contributed by atoms with Gasteiger partial charge in [0.2, 0.25) is 0 Å². The van der Waals surface area contributed by atoms with Crippen LogP contribution in [0, 0.1) is 5.82 Å². The van der Waals surface area contributed by atoms with Gasteiger partial charge in [0.1, 0.15) is 5.82 Å². The fraction of sp³-hybridized carbons (Fsp3) is 0.143. The van der Waals surface area contributed by atoms with Crippen molar-refractivity contribution in [3.8, 4) is 0 Å². The lowest BCUT2D eigenvalue weighted by molar-refractivity contribution is 0.623. The first-order chi connectivity index (χ1) is 8.20. The van der Waals surface area contributed by atoms with Gasteiger partial charge in [0.05, 0.1) is 6.04 Å². The molecule has 0 radical (unpaired) electrons. The second kappa shape index (κ2) is 4.97. The number of hydrogen-bond donors (Lipinski definition) is 2. The lowest BCUT2D eigenvalue weighted by atomic mass is 9.99. The lowest BCUT2D eigenvalue weighted by Crippen LogP contribution is -2.17. The van der Waals surface area contributed by atoms with Gasteiger partial charge in [-0.1, -0.05) is 24.3 Å². The lowest BCUT2D eigenvalue weighted by Gasteiger charge is -2.17. The summed E-state index contributed by atoms with van der Waals surface area (Å²) >= 11 is 0. The molecule has 0 amide bonds. The highest BCUT2D eigenvalue weighted by molar-refractivity contribution is 5.42. The summed E-state index contributed by atoms with van der Waals surface area (Å²) in [5.74, 6) is -0.221. The molecule has 3 N–H and O–H groups in total. The summed E-state index contributed by atoms with van der Waals surface area (Å²) in [5, 5.41) is 3.21. The van der Waals surface area contributed by atoms with Crippen LogP contribution in [-0.4, -0.2) is 7.05 Å². The van der Waals surface area contributed by atoms with Gasteiger partial charge in [-0.25, -0.2) is 4.39 Å². The maximum atomic E-state index is 12.9. The summed E-state index contributed by atoms with van der Waals surface area (Å²) in [7, 11) is 1.88. The summed E-state index contributed by atoms with van der Waals surface area (Å²) in [6, 6.07) is 14.2. The van der Waals surface area contributed by atoms with Crippen LogP contribution in [0.2, 0.25) is 0 Å². The van der Waals surface area contributed by atoms with E-state index in [4.69, 9.17) is 5.73 Å². The molecule has 1 unspecified atom stereocenters. The van der Waals surface area contributed by atoms with Crippen LogP contribution >= 0.6 is 0 Å². The van der Waals surface area contributed by atoms with E-state index >= 15 is 0 Å². The maximum Gasteiger partial charge on any atom is 0.123 e. The second-order valence-electron chi connectivity index (χ2n) is 3.94. The zero-order valence-corrected chi connectivity index (χ0v) is 9.65. The number of rotatable bonds is 3. The third-order valence-corrected chi connectivity index (χ3v) is 2.76. The monoisotopic (exact) mass is 230 g/mol. The van der Waals surface area contributed by atoms with E-state index in [9.17, 15) is 4.39 Å². The summed E-state index contributed by atoms with van der Waals surface area (Å²) in [5.41, 5.74) is 8.53. The van der Waals surface area contributed by atoms with Gasteiger partial charge >= 0.3 is 0 Å². The van der Waals surface area contributed by atoms with Crippen molar-refractivity contribution in [1.82, 2.24) is 5.32 Å². The molecule has 0 bridgehead atoms. The topological polar surface area (TPSA) is 38.0 Å². The summed E-state index contributed by atoms with van der Waals surface area (Å²) in [6.45, 7) is 0. The minimum Gasteiger partial charge on any atom is -0.399 e. The van der Waals surface area contributed by atoms with Crippen LogP contribution in [-0.2, 0) is 0 Å². The van der Waals surface area contributed by atoms with Crippen molar-refractivity contribution in [3.05, 3.63) is 65.5 Å².